The summed E-state index contributed by atoms with van der Waals surface area (Å²) in [5.74, 6) is 0.584. The summed E-state index contributed by atoms with van der Waals surface area (Å²) in [6.45, 7) is -0.627. The Morgan fingerprint density at radius 3 is 1.86 bits per heavy atom. The van der Waals surface area contributed by atoms with Crippen LogP contribution in [0.5, 0.6) is 23.0 Å². The Morgan fingerprint density at radius 2 is 1.27 bits per heavy atom. The Kier molecular flexibility index (Phi) is 9.86. The zero-order valence-electron chi connectivity index (χ0n) is 24.3. The zero-order chi connectivity index (χ0) is 31.9. The highest BCUT2D eigenvalue weighted by atomic mass is 32.2. The second-order valence-electron chi connectivity index (χ2n) is 9.11. The fourth-order valence-electron chi connectivity index (χ4n) is 4.16. The van der Waals surface area contributed by atoms with E-state index in [2.05, 4.69) is 10.0 Å². The molecule has 0 aromatic heterocycles. The molecular weight excluding hydrogens is 610 g/mol. The number of benzene rings is 4. The topological polar surface area (TPSA) is 150 Å². The number of ether oxygens (including phenoxy) is 4. The molecule has 0 aliphatic carbocycles. The summed E-state index contributed by atoms with van der Waals surface area (Å²) in [5, 5.41) is 2.62. The average Bonchev–Trinajstić information content (AvgIpc) is 3.03. The Labute approximate surface area is 256 Å². The molecule has 4 aromatic rings. The van der Waals surface area contributed by atoms with Crippen molar-refractivity contribution in [2.24, 2.45) is 0 Å². The fourth-order valence-corrected chi connectivity index (χ4v) is 6.66. The summed E-state index contributed by atoms with van der Waals surface area (Å²) in [4.78, 5) is 13.1. The molecule has 4 rings (SSSR count). The minimum Gasteiger partial charge on any atom is -0.497 e. The molecule has 0 saturated heterocycles. The van der Waals surface area contributed by atoms with Crippen LogP contribution in [0.25, 0.3) is 0 Å². The van der Waals surface area contributed by atoms with E-state index in [4.69, 9.17) is 18.9 Å². The maximum Gasteiger partial charge on any atom is 0.264 e. The Morgan fingerprint density at radius 1 is 0.682 bits per heavy atom. The molecule has 0 saturated carbocycles. The van der Waals surface area contributed by atoms with Gasteiger partial charge in [-0.1, -0.05) is 18.2 Å². The lowest BCUT2D eigenvalue weighted by molar-refractivity contribution is -0.114. The molecule has 12 nitrogen and oxygen atoms in total. The van der Waals surface area contributed by atoms with Gasteiger partial charge in [-0.05, 0) is 60.7 Å². The molecule has 0 aliphatic rings. The van der Waals surface area contributed by atoms with Gasteiger partial charge >= 0.3 is 0 Å². The highest BCUT2D eigenvalue weighted by molar-refractivity contribution is 7.93. The lowest BCUT2D eigenvalue weighted by Gasteiger charge is -2.26. The second-order valence-corrected chi connectivity index (χ2v) is 12.7. The molecule has 44 heavy (non-hydrogen) atoms. The number of nitrogens with zero attached hydrogens (tertiary/aromatic N) is 1. The van der Waals surface area contributed by atoms with Crippen molar-refractivity contribution in [3.05, 3.63) is 91.0 Å². The van der Waals surface area contributed by atoms with E-state index in [1.807, 2.05) is 0 Å². The van der Waals surface area contributed by atoms with Crippen LogP contribution < -0.4 is 33.3 Å². The third-order valence-electron chi connectivity index (χ3n) is 6.37. The molecule has 2 N–H and O–H groups in total. The molecule has 0 atom stereocenters. The van der Waals surface area contributed by atoms with E-state index in [9.17, 15) is 21.6 Å². The summed E-state index contributed by atoms with van der Waals surface area (Å²) in [5.41, 5.74) is 0.505. The van der Waals surface area contributed by atoms with Crippen molar-refractivity contribution in [2.45, 2.75) is 9.79 Å². The van der Waals surface area contributed by atoms with E-state index in [0.29, 0.717) is 17.2 Å². The van der Waals surface area contributed by atoms with Gasteiger partial charge in [0.15, 0.2) is 0 Å². The van der Waals surface area contributed by atoms with E-state index < -0.39 is 32.5 Å². The van der Waals surface area contributed by atoms with Crippen LogP contribution in [0.1, 0.15) is 0 Å². The van der Waals surface area contributed by atoms with E-state index in [1.165, 1.54) is 83.0 Å². The molecule has 4 aromatic carbocycles. The van der Waals surface area contributed by atoms with Crippen molar-refractivity contribution in [3.63, 3.8) is 0 Å². The molecule has 14 heteroatoms. The summed E-state index contributed by atoms with van der Waals surface area (Å²) in [6, 6.07) is 22.3. The SMILES string of the molecule is COc1ccc(OC)c(NS(=O)(=O)c2ccc(NC(=O)CN(c3cc(OC)ccc3OC)S(=O)(=O)c3ccccc3)cc2)c1. The monoisotopic (exact) mass is 641 g/mol. The first-order chi connectivity index (χ1) is 21.0. The molecule has 0 fully saturated rings. The Bertz CT molecular complexity index is 1830. The molecule has 0 unspecified atom stereocenters. The number of anilines is 3. The van der Waals surface area contributed by atoms with Gasteiger partial charge in [-0.25, -0.2) is 16.8 Å². The summed E-state index contributed by atoms with van der Waals surface area (Å²) in [7, 11) is -2.60. The number of carbonyl (C=O) groups excluding carboxylic acids is 1. The molecule has 232 valence electrons. The van der Waals surface area contributed by atoms with Gasteiger partial charge in [0.25, 0.3) is 20.0 Å². The van der Waals surface area contributed by atoms with Crippen LogP contribution in [0.3, 0.4) is 0 Å². The zero-order valence-corrected chi connectivity index (χ0v) is 25.9. The van der Waals surface area contributed by atoms with Gasteiger partial charge in [-0.15, -0.1) is 0 Å². The van der Waals surface area contributed by atoms with Gasteiger partial charge in [-0.2, -0.15) is 0 Å². The number of hydrogen-bond donors (Lipinski definition) is 2. The maximum absolute atomic E-state index is 13.7. The van der Waals surface area contributed by atoms with Gasteiger partial charge in [0.2, 0.25) is 5.91 Å². The summed E-state index contributed by atoms with van der Waals surface area (Å²) < 4.78 is 78.1. The first-order valence-corrected chi connectivity index (χ1v) is 15.9. The van der Waals surface area contributed by atoms with Gasteiger partial charge in [0.1, 0.15) is 29.5 Å². The van der Waals surface area contributed by atoms with E-state index in [-0.39, 0.29) is 32.6 Å². The van der Waals surface area contributed by atoms with Crippen LogP contribution in [0.2, 0.25) is 0 Å². The van der Waals surface area contributed by atoms with E-state index in [1.54, 1.807) is 36.4 Å². The molecule has 0 bridgehead atoms. The summed E-state index contributed by atoms with van der Waals surface area (Å²) >= 11 is 0. The number of methoxy groups -OCH3 is 4. The number of amides is 1. The van der Waals surface area contributed by atoms with Crippen molar-refractivity contribution in [1.82, 2.24) is 0 Å². The standard InChI is InChI=1S/C30H31N3O9S2/c1-39-22-12-16-28(41-3)26(18-22)32-43(35,36)24-14-10-21(11-15-24)31-30(34)20-33(44(37,38)25-8-6-5-7-9-25)27-19-23(40-2)13-17-29(27)42-4/h5-19,32H,20H2,1-4H3,(H,31,34). The van der Waals surface area contributed by atoms with Crippen molar-refractivity contribution < 1.29 is 40.6 Å². The molecule has 0 aliphatic heterocycles. The number of carbonyl (C=O) groups is 1. The lowest BCUT2D eigenvalue weighted by atomic mass is 10.2. The van der Waals surface area contributed by atoms with Crippen molar-refractivity contribution in [3.8, 4) is 23.0 Å². The minimum absolute atomic E-state index is 0.0348. The summed E-state index contributed by atoms with van der Waals surface area (Å²) in [6.07, 6.45) is 0. The number of hydrogen-bond acceptors (Lipinski definition) is 9. The highest BCUT2D eigenvalue weighted by Crippen LogP contribution is 2.36. The van der Waals surface area contributed by atoms with Crippen LogP contribution in [0.15, 0.2) is 101 Å². The molecule has 0 radical (unpaired) electrons. The van der Waals surface area contributed by atoms with Crippen LogP contribution in [0.4, 0.5) is 17.1 Å². The van der Waals surface area contributed by atoms with Gasteiger partial charge in [0.05, 0.1) is 49.6 Å². The first-order valence-electron chi connectivity index (χ1n) is 13.0. The van der Waals surface area contributed by atoms with Crippen molar-refractivity contribution >= 4 is 43.0 Å². The van der Waals surface area contributed by atoms with Gasteiger partial charge < -0.3 is 24.3 Å². The third-order valence-corrected chi connectivity index (χ3v) is 9.53. The average molecular weight is 642 g/mol. The highest BCUT2D eigenvalue weighted by Gasteiger charge is 2.30. The number of sulfonamides is 2. The number of nitrogens with one attached hydrogen (secondary N) is 2. The predicted octanol–water partition coefficient (Wildman–Crippen LogP) is 4.36. The minimum atomic E-state index is -4.24. The largest absolute Gasteiger partial charge is 0.497 e. The molecule has 1 amide bonds. The number of rotatable bonds is 13. The smallest absolute Gasteiger partial charge is 0.264 e. The first kappa shape index (κ1) is 32.0. The molecule has 0 spiro atoms. The van der Waals surface area contributed by atoms with E-state index in [0.717, 1.165) is 4.31 Å². The fraction of sp³-hybridized carbons (Fsp3) is 0.167. The Hall–Kier alpha value is -4.95. The van der Waals surface area contributed by atoms with Crippen LogP contribution in [0, 0.1) is 0 Å². The van der Waals surface area contributed by atoms with Crippen molar-refractivity contribution in [1.29, 1.82) is 0 Å². The molecule has 0 heterocycles. The van der Waals surface area contributed by atoms with Crippen LogP contribution >= 0.6 is 0 Å². The normalized spacial score (nSPS) is 11.3. The molecular formula is C30H31N3O9S2. The lowest BCUT2D eigenvalue weighted by Crippen LogP contribution is -2.38. The Balaban J connectivity index is 1.58. The quantitative estimate of drug-likeness (QED) is 0.217. The van der Waals surface area contributed by atoms with E-state index >= 15 is 0 Å². The van der Waals surface area contributed by atoms with Gasteiger partial charge in [-0.3, -0.25) is 13.8 Å². The van der Waals surface area contributed by atoms with Gasteiger partial charge in [0, 0.05) is 17.8 Å². The second kappa shape index (κ2) is 13.6. The van der Waals surface area contributed by atoms with Crippen LogP contribution in [-0.2, 0) is 24.8 Å². The maximum atomic E-state index is 13.7. The van der Waals surface area contributed by atoms with Crippen molar-refractivity contribution in [2.75, 3.05) is 49.3 Å². The predicted molar refractivity (Wildman–Crippen MR) is 166 cm³/mol. The third kappa shape index (κ3) is 7.15. The van der Waals surface area contributed by atoms with Crippen LogP contribution in [-0.4, -0.2) is 57.7 Å².